The predicted molar refractivity (Wildman–Crippen MR) is 38.5 cm³/mol. The summed E-state index contributed by atoms with van der Waals surface area (Å²) >= 11 is 0. The highest BCUT2D eigenvalue weighted by Crippen LogP contribution is 2.24. The average Bonchev–Trinajstić information content (AvgIpc) is 2.73. The highest BCUT2D eigenvalue weighted by atomic mass is 16.1. The molecule has 0 aromatic carbocycles. The Labute approximate surface area is 59.9 Å². The van der Waals surface area contributed by atoms with E-state index < -0.39 is 0 Å². The van der Waals surface area contributed by atoms with Gasteiger partial charge in [0.25, 0.3) is 0 Å². The molecule has 0 amide bonds. The molecule has 1 fully saturated rings. The number of hydrazone groups is 1. The molecule has 56 valence electrons. The predicted octanol–water partition coefficient (Wildman–Crippen LogP) is -0.230. The van der Waals surface area contributed by atoms with Crippen LogP contribution >= 0.6 is 0 Å². The summed E-state index contributed by atoms with van der Waals surface area (Å²) in [5.74, 6) is 0. The summed E-state index contributed by atoms with van der Waals surface area (Å²) in [6, 6.07) is 0.501. The first-order chi connectivity index (χ1) is 4.88. The van der Waals surface area contributed by atoms with Gasteiger partial charge in [0.05, 0.1) is 12.3 Å². The lowest BCUT2D eigenvalue weighted by atomic mass is 10.7. The number of hydrogen-bond donors (Lipinski definition) is 1. The van der Waals surface area contributed by atoms with E-state index in [9.17, 15) is 4.79 Å². The minimum absolute atomic E-state index is 0.501. The van der Waals surface area contributed by atoms with Gasteiger partial charge in [-0.05, 0) is 12.8 Å². The zero-order valence-corrected chi connectivity index (χ0v) is 5.95. The molecule has 10 heavy (non-hydrogen) atoms. The van der Waals surface area contributed by atoms with E-state index in [0.29, 0.717) is 12.3 Å². The minimum Gasteiger partial charge on any atom is -0.297 e. The smallest absolute Gasteiger partial charge is 0.162 e. The lowest BCUT2D eigenvalue weighted by Crippen LogP contribution is -2.32. The van der Waals surface area contributed by atoms with Crippen LogP contribution in [0, 0.1) is 0 Å². The standard InChI is InChI=1S/C6H11N3O/c1-7-9(6-2-3-6)8-4-5-10/h4-7H,2-3H2,1H3/b8-4-. The van der Waals surface area contributed by atoms with Crippen LogP contribution in [0.1, 0.15) is 12.8 Å². The number of hydrazine groups is 1. The summed E-state index contributed by atoms with van der Waals surface area (Å²) in [4.78, 5) is 9.86. The van der Waals surface area contributed by atoms with Crippen molar-refractivity contribution < 1.29 is 4.79 Å². The van der Waals surface area contributed by atoms with E-state index in [1.54, 1.807) is 12.2 Å². The van der Waals surface area contributed by atoms with E-state index >= 15 is 0 Å². The maximum absolute atomic E-state index is 9.86. The van der Waals surface area contributed by atoms with Crippen molar-refractivity contribution in [1.82, 2.24) is 10.5 Å². The van der Waals surface area contributed by atoms with Gasteiger partial charge in [0, 0.05) is 7.05 Å². The third-order valence-electron chi connectivity index (χ3n) is 1.37. The number of hydrogen-bond acceptors (Lipinski definition) is 4. The molecule has 0 atom stereocenters. The van der Waals surface area contributed by atoms with Crippen molar-refractivity contribution >= 4 is 12.5 Å². The lowest BCUT2D eigenvalue weighted by molar-refractivity contribution is -0.102. The largest absolute Gasteiger partial charge is 0.297 e. The number of carbonyl (C=O) groups excluding carboxylic acids is 1. The van der Waals surface area contributed by atoms with E-state index in [4.69, 9.17) is 0 Å². The molecular weight excluding hydrogens is 130 g/mol. The van der Waals surface area contributed by atoms with Crippen molar-refractivity contribution in [3.63, 3.8) is 0 Å². The van der Waals surface area contributed by atoms with Gasteiger partial charge in [-0.3, -0.25) is 4.79 Å². The quantitative estimate of drug-likeness (QED) is 0.334. The van der Waals surface area contributed by atoms with Gasteiger partial charge in [0.15, 0.2) is 6.29 Å². The molecule has 1 aliphatic rings. The van der Waals surface area contributed by atoms with Crippen molar-refractivity contribution in [1.29, 1.82) is 0 Å². The number of carbonyl (C=O) groups is 1. The zero-order chi connectivity index (χ0) is 7.40. The maximum Gasteiger partial charge on any atom is 0.162 e. The number of aldehydes is 1. The molecular formula is C6H11N3O. The van der Waals surface area contributed by atoms with Crippen LogP contribution in [-0.2, 0) is 4.79 Å². The third kappa shape index (κ3) is 1.80. The van der Waals surface area contributed by atoms with Crippen LogP contribution in [0.2, 0.25) is 0 Å². The minimum atomic E-state index is 0.501. The molecule has 0 radical (unpaired) electrons. The first kappa shape index (κ1) is 7.21. The number of nitrogens with one attached hydrogen (secondary N) is 1. The first-order valence-electron chi connectivity index (χ1n) is 3.33. The Morgan fingerprint density at radius 1 is 1.70 bits per heavy atom. The van der Waals surface area contributed by atoms with Gasteiger partial charge >= 0.3 is 0 Å². The van der Waals surface area contributed by atoms with Crippen LogP contribution < -0.4 is 5.43 Å². The normalized spacial score (nSPS) is 17.7. The van der Waals surface area contributed by atoms with Crippen LogP contribution in [0.15, 0.2) is 5.10 Å². The van der Waals surface area contributed by atoms with Crippen LogP contribution in [-0.4, -0.2) is 30.7 Å². The van der Waals surface area contributed by atoms with E-state index in [1.165, 1.54) is 6.21 Å². The molecule has 0 spiro atoms. The molecule has 1 N–H and O–H groups in total. The fourth-order valence-corrected chi connectivity index (χ4v) is 0.753. The van der Waals surface area contributed by atoms with Crippen LogP contribution in [0.5, 0.6) is 0 Å². The van der Waals surface area contributed by atoms with Crippen LogP contribution in [0.3, 0.4) is 0 Å². The van der Waals surface area contributed by atoms with Crippen LogP contribution in [0.4, 0.5) is 0 Å². The van der Waals surface area contributed by atoms with E-state index in [0.717, 1.165) is 12.8 Å². The van der Waals surface area contributed by atoms with E-state index in [1.807, 2.05) is 0 Å². The number of rotatable bonds is 4. The van der Waals surface area contributed by atoms with Crippen molar-refractivity contribution in [3.05, 3.63) is 0 Å². The second-order valence-electron chi connectivity index (χ2n) is 2.20. The van der Waals surface area contributed by atoms with Gasteiger partial charge < -0.3 is 0 Å². The maximum atomic E-state index is 9.86. The zero-order valence-electron chi connectivity index (χ0n) is 5.95. The second kappa shape index (κ2) is 3.31. The summed E-state index contributed by atoms with van der Waals surface area (Å²) in [5.41, 5.74) is 2.88. The van der Waals surface area contributed by atoms with Gasteiger partial charge in [-0.15, -0.1) is 0 Å². The molecule has 0 aromatic rings. The second-order valence-corrected chi connectivity index (χ2v) is 2.20. The number of nitrogens with zero attached hydrogens (tertiary/aromatic N) is 2. The first-order valence-corrected chi connectivity index (χ1v) is 3.33. The molecule has 4 heteroatoms. The SMILES string of the molecule is CNN(/N=C\C=O)C1CC1. The molecule has 0 unspecified atom stereocenters. The molecule has 1 saturated carbocycles. The molecule has 1 aliphatic carbocycles. The highest BCUT2D eigenvalue weighted by molar-refractivity contribution is 6.12. The van der Waals surface area contributed by atoms with E-state index in [-0.39, 0.29) is 0 Å². The molecule has 1 rings (SSSR count). The van der Waals surface area contributed by atoms with Gasteiger partial charge in [-0.25, -0.2) is 10.5 Å². The Kier molecular flexibility index (Phi) is 2.39. The van der Waals surface area contributed by atoms with E-state index in [2.05, 4.69) is 10.5 Å². The average molecular weight is 141 g/mol. The molecule has 0 aromatic heterocycles. The summed E-state index contributed by atoms with van der Waals surface area (Å²) in [6.45, 7) is 0. The summed E-state index contributed by atoms with van der Waals surface area (Å²) < 4.78 is 0. The molecule has 0 bridgehead atoms. The van der Waals surface area contributed by atoms with Gasteiger partial charge in [0.2, 0.25) is 0 Å². The topological polar surface area (TPSA) is 44.7 Å². The molecule has 4 nitrogen and oxygen atoms in total. The molecule has 0 heterocycles. The fourth-order valence-electron chi connectivity index (χ4n) is 0.753. The Morgan fingerprint density at radius 3 is 2.80 bits per heavy atom. The van der Waals surface area contributed by atoms with Crippen molar-refractivity contribution in [2.75, 3.05) is 7.05 Å². The summed E-state index contributed by atoms with van der Waals surface area (Å²) in [6.07, 6.45) is 4.25. The Bertz CT molecular complexity index is 142. The summed E-state index contributed by atoms with van der Waals surface area (Å²) in [7, 11) is 1.79. The van der Waals surface area contributed by atoms with Gasteiger partial charge in [-0.1, -0.05) is 0 Å². The highest BCUT2D eigenvalue weighted by Gasteiger charge is 2.27. The fraction of sp³-hybridized carbons (Fsp3) is 0.667. The lowest BCUT2D eigenvalue weighted by Gasteiger charge is -2.14. The monoisotopic (exact) mass is 141 g/mol. The van der Waals surface area contributed by atoms with Crippen LogP contribution in [0.25, 0.3) is 0 Å². The Hall–Kier alpha value is -0.900. The van der Waals surface area contributed by atoms with Crippen molar-refractivity contribution in [3.8, 4) is 0 Å². The molecule has 0 aliphatic heterocycles. The third-order valence-corrected chi connectivity index (χ3v) is 1.37. The van der Waals surface area contributed by atoms with Crippen molar-refractivity contribution in [2.24, 2.45) is 5.10 Å². The van der Waals surface area contributed by atoms with Crippen molar-refractivity contribution in [2.45, 2.75) is 18.9 Å². The van der Waals surface area contributed by atoms with Gasteiger partial charge in [-0.2, -0.15) is 5.10 Å². The Balaban J connectivity index is 2.31. The summed E-state index contributed by atoms with van der Waals surface area (Å²) in [5, 5.41) is 5.55. The Morgan fingerprint density at radius 2 is 2.40 bits per heavy atom. The van der Waals surface area contributed by atoms with Gasteiger partial charge in [0.1, 0.15) is 0 Å². The molecule has 0 saturated heterocycles.